The predicted octanol–water partition coefficient (Wildman–Crippen LogP) is 4.73. The second kappa shape index (κ2) is 5.12. The Kier molecular flexibility index (Phi) is 3.08. The summed E-state index contributed by atoms with van der Waals surface area (Å²) in [4.78, 5) is 4.57. The molecule has 0 amide bonds. The molecule has 0 atom stereocenters. The summed E-state index contributed by atoms with van der Waals surface area (Å²) in [7, 11) is 1.71. The second-order valence-corrected chi connectivity index (χ2v) is 5.43. The van der Waals surface area contributed by atoms with Gasteiger partial charge in [-0.2, -0.15) is 5.10 Å². The van der Waals surface area contributed by atoms with Crippen molar-refractivity contribution in [3.63, 3.8) is 0 Å². The van der Waals surface area contributed by atoms with Gasteiger partial charge in [0, 0.05) is 23.6 Å². The molecule has 0 spiro atoms. The monoisotopic (exact) mass is 309 g/mol. The highest BCUT2D eigenvalue weighted by Gasteiger charge is 2.18. The van der Waals surface area contributed by atoms with E-state index in [0.717, 1.165) is 16.3 Å². The van der Waals surface area contributed by atoms with Crippen LogP contribution in [0.4, 0.5) is 8.78 Å². The van der Waals surface area contributed by atoms with E-state index in [-0.39, 0.29) is 5.56 Å². The first-order valence-corrected chi connectivity index (χ1v) is 7.24. The van der Waals surface area contributed by atoms with E-state index >= 15 is 0 Å². The number of fused-ring (bicyclic) bond motifs is 2. The van der Waals surface area contributed by atoms with Gasteiger partial charge in [-0.3, -0.25) is 4.68 Å². The molecule has 0 aliphatic carbocycles. The standard InChI is InChI=1S/C18H13F2N3/c1-23-18-15(10-21-23)14(17(19)20)9-16(22-18)13-8-4-6-11-5-2-3-7-12(11)13/h2-10,17H,1H3. The summed E-state index contributed by atoms with van der Waals surface area (Å²) < 4.78 is 28.4. The van der Waals surface area contributed by atoms with Gasteiger partial charge in [0.05, 0.1) is 11.9 Å². The number of aromatic nitrogens is 3. The van der Waals surface area contributed by atoms with Crippen molar-refractivity contribution in [3.05, 3.63) is 60.3 Å². The maximum atomic E-state index is 13.5. The number of nitrogens with zero attached hydrogens (tertiary/aromatic N) is 3. The number of aryl methyl sites for hydroxylation is 1. The van der Waals surface area contributed by atoms with Crippen LogP contribution in [-0.4, -0.2) is 14.8 Å². The van der Waals surface area contributed by atoms with E-state index in [1.165, 1.54) is 16.9 Å². The largest absolute Gasteiger partial charge is 0.264 e. The molecular formula is C18H13F2N3. The quantitative estimate of drug-likeness (QED) is 0.536. The summed E-state index contributed by atoms with van der Waals surface area (Å²) in [6.45, 7) is 0. The molecule has 5 heteroatoms. The minimum absolute atomic E-state index is 0.0361. The van der Waals surface area contributed by atoms with Crippen molar-refractivity contribution < 1.29 is 8.78 Å². The first kappa shape index (κ1) is 13.8. The fraction of sp³-hybridized carbons (Fsp3) is 0.111. The van der Waals surface area contributed by atoms with Gasteiger partial charge >= 0.3 is 0 Å². The van der Waals surface area contributed by atoms with Crippen LogP contribution in [0.1, 0.15) is 12.0 Å². The van der Waals surface area contributed by atoms with Crippen LogP contribution in [0.2, 0.25) is 0 Å². The van der Waals surface area contributed by atoms with Crippen LogP contribution in [0.25, 0.3) is 33.1 Å². The Morgan fingerprint density at radius 3 is 2.61 bits per heavy atom. The van der Waals surface area contributed by atoms with Crippen molar-refractivity contribution in [1.82, 2.24) is 14.8 Å². The number of halogens is 2. The molecule has 0 fully saturated rings. The van der Waals surface area contributed by atoms with E-state index < -0.39 is 6.43 Å². The Morgan fingerprint density at radius 1 is 1.00 bits per heavy atom. The lowest BCUT2D eigenvalue weighted by Crippen LogP contribution is -1.97. The third-order valence-corrected chi connectivity index (χ3v) is 4.04. The minimum Gasteiger partial charge on any atom is -0.250 e. The minimum atomic E-state index is -2.57. The SMILES string of the molecule is Cn1ncc2c(C(F)F)cc(-c3cccc4ccccc34)nc21. The van der Waals surface area contributed by atoms with Crippen LogP contribution in [-0.2, 0) is 7.05 Å². The number of rotatable bonds is 2. The molecule has 2 aromatic heterocycles. The Labute approximate surface area is 131 Å². The zero-order chi connectivity index (χ0) is 16.0. The summed E-state index contributed by atoms with van der Waals surface area (Å²) >= 11 is 0. The average molecular weight is 309 g/mol. The molecule has 0 saturated carbocycles. The molecular weight excluding hydrogens is 296 g/mol. The molecule has 0 N–H and O–H groups in total. The fourth-order valence-corrected chi connectivity index (χ4v) is 2.91. The molecule has 0 bridgehead atoms. The highest BCUT2D eigenvalue weighted by molar-refractivity contribution is 5.97. The van der Waals surface area contributed by atoms with Gasteiger partial charge in [0.2, 0.25) is 0 Å². The molecule has 4 aromatic rings. The Morgan fingerprint density at radius 2 is 1.78 bits per heavy atom. The van der Waals surface area contributed by atoms with Crippen LogP contribution < -0.4 is 0 Å². The number of hydrogen-bond donors (Lipinski definition) is 0. The Hall–Kier alpha value is -2.82. The maximum Gasteiger partial charge on any atom is 0.264 e. The van der Waals surface area contributed by atoms with Crippen LogP contribution in [0.15, 0.2) is 54.7 Å². The molecule has 0 radical (unpaired) electrons. The average Bonchev–Trinajstić information content (AvgIpc) is 2.94. The molecule has 2 aromatic carbocycles. The van der Waals surface area contributed by atoms with Crippen LogP contribution in [0.5, 0.6) is 0 Å². The van der Waals surface area contributed by atoms with Crippen LogP contribution in [0, 0.1) is 0 Å². The number of benzene rings is 2. The molecule has 4 rings (SSSR count). The van der Waals surface area contributed by atoms with Crippen LogP contribution >= 0.6 is 0 Å². The molecule has 114 valence electrons. The lowest BCUT2D eigenvalue weighted by molar-refractivity contribution is 0.153. The third-order valence-electron chi connectivity index (χ3n) is 4.04. The zero-order valence-electron chi connectivity index (χ0n) is 12.4. The second-order valence-electron chi connectivity index (χ2n) is 5.43. The summed E-state index contributed by atoms with van der Waals surface area (Å²) in [6.07, 6.45) is -1.13. The summed E-state index contributed by atoms with van der Waals surface area (Å²) in [5.74, 6) is 0. The summed E-state index contributed by atoms with van der Waals surface area (Å²) in [6, 6.07) is 15.1. The highest BCUT2D eigenvalue weighted by atomic mass is 19.3. The van der Waals surface area contributed by atoms with E-state index in [2.05, 4.69) is 10.1 Å². The third kappa shape index (κ3) is 2.16. The molecule has 0 saturated heterocycles. The smallest absolute Gasteiger partial charge is 0.250 e. The predicted molar refractivity (Wildman–Crippen MR) is 86.4 cm³/mol. The van der Waals surface area contributed by atoms with Gasteiger partial charge in [0.25, 0.3) is 6.43 Å². The van der Waals surface area contributed by atoms with E-state index in [1.54, 1.807) is 7.05 Å². The lowest BCUT2D eigenvalue weighted by Gasteiger charge is -2.09. The first-order chi connectivity index (χ1) is 11.1. The molecule has 3 nitrogen and oxygen atoms in total. The molecule has 23 heavy (non-hydrogen) atoms. The van der Waals surface area contributed by atoms with Gasteiger partial charge in [-0.15, -0.1) is 0 Å². The summed E-state index contributed by atoms with van der Waals surface area (Å²) in [5.41, 5.74) is 1.80. The van der Waals surface area contributed by atoms with E-state index in [9.17, 15) is 8.78 Å². The van der Waals surface area contributed by atoms with Crippen molar-refractivity contribution in [2.45, 2.75) is 6.43 Å². The van der Waals surface area contributed by atoms with Crippen LogP contribution in [0.3, 0.4) is 0 Å². The highest BCUT2D eigenvalue weighted by Crippen LogP contribution is 2.33. The lowest BCUT2D eigenvalue weighted by atomic mass is 10.0. The molecule has 2 heterocycles. The fourth-order valence-electron chi connectivity index (χ4n) is 2.91. The topological polar surface area (TPSA) is 30.7 Å². The van der Waals surface area contributed by atoms with Crippen molar-refractivity contribution in [1.29, 1.82) is 0 Å². The normalized spacial score (nSPS) is 11.7. The Bertz CT molecular complexity index is 1020. The summed E-state index contributed by atoms with van der Waals surface area (Å²) in [5, 5.41) is 6.49. The van der Waals surface area contributed by atoms with E-state index in [0.29, 0.717) is 16.7 Å². The van der Waals surface area contributed by atoms with Gasteiger partial charge in [0.15, 0.2) is 5.65 Å². The van der Waals surface area contributed by atoms with Gasteiger partial charge in [-0.05, 0) is 16.8 Å². The van der Waals surface area contributed by atoms with E-state index in [1.807, 2.05) is 42.5 Å². The number of pyridine rings is 1. The van der Waals surface area contributed by atoms with Gasteiger partial charge in [-0.1, -0.05) is 42.5 Å². The Balaban J connectivity index is 2.06. The van der Waals surface area contributed by atoms with Crippen molar-refractivity contribution >= 4 is 21.8 Å². The van der Waals surface area contributed by atoms with Crippen molar-refractivity contribution in [2.75, 3.05) is 0 Å². The number of hydrogen-bond acceptors (Lipinski definition) is 2. The molecule has 0 unspecified atom stereocenters. The zero-order valence-corrected chi connectivity index (χ0v) is 12.4. The number of alkyl halides is 2. The molecule has 0 aliphatic rings. The van der Waals surface area contributed by atoms with Crippen molar-refractivity contribution in [3.8, 4) is 11.3 Å². The maximum absolute atomic E-state index is 13.5. The van der Waals surface area contributed by atoms with Gasteiger partial charge in [-0.25, -0.2) is 13.8 Å². The van der Waals surface area contributed by atoms with Crippen molar-refractivity contribution in [2.24, 2.45) is 7.05 Å². The molecule has 0 aliphatic heterocycles. The van der Waals surface area contributed by atoms with Gasteiger partial charge < -0.3 is 0 Å². The van der Waals surface area contributed by atoms with Gasteiger partial charge in [0.1, 0.15) is 0 Å². The van der Waals surface area contributed by atoms with E-state index in [4.69, 9.17) is 0 Å². The first-order valence-electron chi connectivity index (χ1n) is 7.24.